The van der Waals surface area contributed by atoms with Crippen molar-refractivity contribution in [1.82, 2.24) is 5.16 Å². The molecule has 21 heavy (non-hydrogen) atoms. The lowest BCUT2D eigenvalue weighted by Crippen LogP contribution is -2.21. The number of hydrogen-bond donors (Lipinski definition) is 1. The zero-order chi connectivity index (χ0) is 15.0. The van der Waals surface area contributed by atoms with Gasteiger partial charge >= 0.3 is 0 Å². The molecule has 2 heterocycles. The molecular weight excluding hydrogens is 312 g/mol. The van der Waals surface area contributed by atoms with E-state index in [0.717, 1.165) is 12.0 Å². The molecule has 1 aliphatic heterocycles. The van der Waals surface area contributed by atoms with Gasteiger partial charge in [-0.3, -0.25) is 0 Å². The van der Waals surface area contributed by atoms with Crippen LogP contribution in [-0.4, -0.2) is 19.3 Å². The van der Waals surface area contributed by atoms with Crippen LogP contribution in [0.4, 0.5) is 5.82 Å². The summed E-state index contributed by atoms with van der Waals surface area (Å²) in [6.45, 7) is 0. The minimum atomic E-state index is -3.22. The van der Waals surface area contributed by atoms with E-state index in [0.29, 0.717) is 29.2 Å². The highest BCUT2D eigenvalue weighted by Crippen LogP contribution is 2.41. The average molecular weight is 327 g/mol. The molecule has 0 radical (unpaired) electrons. The van der Waals surface area contributed by atoms with Crippen LogP contribution in [0.3, 0.4) is 0 Å². The molecular formula is C14H15ClN2O3S. The number of halogens is 1. The summed E-state index contributed by atoms with van der Waals surface area (Å²) in [5.41, 5.74) is 7.19. The number of hydrogen-bond acceptors (Lipinski definition) is 5. The van der Waals surface area contributed by atoms with Crippen molar-refractivity contribution in [3.05, 3.63) is 35.0 Å². The monoisotopic (exact) mass is 326 g/mol. The first-order chi connectivity index (χ1) is 9.99. The quantitative estimate of drug-likeness (QED) is 0.915. The smallest absolute Gasteiger partial charge is 0.175 e. The van der Waals surface area contributed by atoms with Gasteiger partial charge < -0.3 is 10.3 Å². The zero-order valence-corrected chi connectivity index (χ0v) is 12.8. The zero-order valence-electron chi connectivity index (χ0n) is 11.3. The van der Waals surface area contributed by atoms with Gasteiger partial charge in [-0.15, -0.1) is 0 Å². The second-order valence-electron chi connectivity index (χ2n) is 5.17. The van der Waals surface area contributed by atoms with Gasteiger partial charge in [0.1, 0.15) is 5.25 Å². The van der Waals surface area contributed by atoms with E-state index in [4.69, 9.17) is 21.9 Å². The van der Waals surface area contributed by atoms with Crippen molar-refractivity contribution in [3.63, 3.8) is 0 Å². The fourth-order valence-electron chi connectivity index (χ4n) is 2.69. The summed E-state index contributed by atoms with van der Waals surface area (Å²) in [6.07, 6.45) is 2.08. The molecule has 2 aromatic rings. The first-order valence-corrected chi connectivity index (χ1v) is 8.81. The molecule has 112 valence electrons. The summed E-state index contributed by atoms with van der Waals surface area (Å²) >= 11 is 5.88. The van der Waals surface area contributed by atoms with Crippen molar-refractivity contribution < 1.29 is 12.9 Å². The highest BCUT2D eigenvalue weighted by molar-refractivity contribution is 7.91. The molecule has 1 fully saturated rings. The Bertz CT molecular complexity index is 753. The maximum atomic E-state index is 12.3. The Labute approximate surface area is 128 Å². The molecule has 1 aromatic carbocycles. The number of benzene rings is 1. The van der Waals surface area contributed by atoms with Gasteiger partial charge in [0.05, 0.1) is 11.3 Å². The van der Waals surface area contributed by atoms with Crippen LogP contribution in [0.5, 0.6) is 0 Å². The van der Waals surface area contributed by atoms with Crippen LogP contribution in [0, 0.1) is 0 Å². The summed E-state index contributed by atoms with van der Waals surface area (Å²) in [5.74, 6) is 0.723. The Morgan fingerprint density at radius 2 is 1.95 bits per heavy atom. The predicted molar refractivity (Wildman–Crippen MR) is 81.7 cm³/mol. The lowest BCUT2D eigenvalue weighted by Gasteiger charge is -2.20. The average Bonchev–Trinajstić information content (AvgIpc) is 2.81. The summed E-state index contributed by atoms with van der Waals surface area (Å²) in [7, 11) is -3.22. The maximum absolute atomic E-state index is 12.3. The molecule has 2 N–H and O–H groups in total. The van der Waals surface area contributed by atoms with Crippen molar-refractivity contribution in [3.8, 4) is 11.1 Å². The van der Waals surface area contributed by atoms with Crippen molar-refractivity contribution in [2.24, 2.45) is 0 Å². The first-order valence-electron chi connectivity index (χ1n) is 6.71. The molecule has 0 aliphatic carbocycles. The Hall–Kier alpha value is -1.53. The van der Waals surface area contributed by atoms with Crippen LogP contribution in [-0.2, 0) is 9.84 Å². The van der Waals surface area contributed by atoms with Crippen LogP contribution in [0.1, 0.15) is 30.3 Å². The summed E-state index contributed by atoms with van der Waals surface area (Å²) < 4.78 is 29.8. The SMILES string of the molecule is Nc1noc(C2CCCCS2(=O)=O)c1-c1ccc(Cl)cc1. The van der Waals surface area contributed by atoms with E-state index in [1.54, 1.807) is 24.3 Å². The van der Waals surface area contributed by atoms with Gasteiger partial charge in [-0.25, -0.2) is 8.42 Å². The third kappa shape index (κ3) is 2.65. The number of nitrogen functional groups attached to an aromatic ring is 1. The third-order valence-electron chi connectivity index (χ3n) is 3.75. The van der Waals surface area contributed by atoms with E-state index in [1.807, 2.05) is 0 Å². The van der Waals surface area contributed by atoms with Gasteiger partial charge in [0.2, 0.25) is 0 Å². The molecule has 0 bridgehead atoms. The van der Waals surface area contributed by atoms with E-state index in [9.17, 15) is 8.42 Å². The van der Waals surface area contributed by atoms with E-state index >= 15 is 0 Å². The molecule has 0 amide bonds. The van der Waals surface area contributed by atoms with Crippen LogP contribution in [0.25, 0.3) is 11.1 Å². The van der Waals surface area contributed by atoms with E-state index < -0.39 is 15.1 Å². The minimum Gasteiger partial charge on any atom is -0.380 e. The molecule has 7 heteroatoms. The van der Waals surface area contributed by atoms with Crippen LogP contribution in [0.2, 0.25) is 5.02 Å². The molecule has 5 nitrogen and oxygen atoms in total. The highest BCUT2D eigenvalue weighted by Gasteiger charge is 2.36. The number of nitrogens with zero attached hydrogens (tertiary/aromatic N) is 1. The second kappa shape index (κ2) is 5.35. The highest BCUT2D eigenvalue weighted by atomic mass is 35.5. The Morgan fingerprint density at radius 3 is 2.62 bits per heavy atom. The Balaban J connectivity index is 2.11. The van der Waals surface area contributed by atoms with E-state index in [1.165, 1.54) is 0 Å². The lowest BCUT2D eigenvalue weighted by molar-refractivity contribution is 0.372. The van der Waals surface area contributed by atoms with Crippen molar-refractivity contribution in [1.29, 1.82) is 0 Å². The number of rotatable bonds is 2. The third-order valence-corrected chi connectivity index (χ3v) is 6.18. The van der Waals surface area contributed by atoms with E-state index in [-0.39, 0.29) is 11.6 Å². The second-order valence-corrected chi connectivity index (χ2v) is 7.90. The molecule has 1 aliphatic rings. The molecule has 1 saturated heterocycles. The van der Waals surface area contributed by atoms with Crippen LogP contribution < -0.4 is 5.73 Å². The number of sulfone groups is 1. The Kier molecular flexibility index (Phi) is 3.67. The van der Waals surface area contributed by atoms with Gasteiger partial charge in [0.15, 0.2) is 21.4 Å². The standard InChI is InChI=1S/C14H15ClN2O3S/c15-10-6-4-9(5-7-10)12-13(20-17-14(12)16)11-3-1-2-8-21(11,18)19/h4-7,11H,1-3,8H2,(H2,16,17). The molecule has 0 spiro atoms. The van der Waals surface area contributed by atoms with Crippen molar-refractivity contribution in [2.75, 3.05) is 11.5 Å². The predicted octanol–water partition coefficient (Wildman–Crippen LogP) is 3.22. The molecule has 1 atom stereocenters. The van der Waals surface area contributed by atoms with Gasteiger partial charge in [-0.1, -0.05) is 35.3 Å². The lowest BCUT2D eigenvalue weighted by atomic mass is 10.0. The molecule has 3 rings (SSSR count). The van der Waals surface area contributed by atoms with Crippen molar-refractivity contribution >= 4 is 27.3 Å². The fourth-order valence-corrected chi connectivity index (χ4v) is 4.72. The molecule has 1 unspecified atom stereocenters. The summed E-state index contributed by atoms with van der Waals surface area (Å²) in [6, 6.07) is 7.01. The van der Waals surface area contributed by atoms with E-state index in [2.05, 4.69) is 5.16 Å². The van der Waals surface area contributed by atoms with Crippen molar-refractivity contribution in [2.45, 2.75) is 24.5 Å². The van der Waals surface area contributed by atoms with Gasteiger partial charge in [-0.2, -0.15) is 0 Å². The van der Waals surface area contributed by atoms with Gasteiger partial charge in [0.25, 0.3) is 0 Å². The summed E-state index contributed by atoms with van der Waals surface area (Å²) in [4.78, 5) is 0. The van der Waals surface area contributed by atoms with Crippen LogP contribution in [0.15, 0.2) is 28.8 Å². The van der Waals surface area contributed by atoms with Gasteiger partial charge in [0, 0.05) is 5.02 Å². The first kappa shape index (κ1) is 14.4. The number of aromatic nitrogens is 1. The molecule has 1 aromatic heterocycles. The normalized spacial score (nSPS) is 21.3. The largest absolute Gasteiger partial charge is 0.380 e. The number of nitrogens with two attached hydrogens (primary N) is 1. The molecule has 0 saturated carbocycles. The van der Waals surface area contributed by atoms with Gasteiger partial charge in [-0.05, 0) is 30.5 Å². The topological polar surface area (TPSA) is 86.2 Å². The Morgan fingerprint density at radius 1 is 1.24 bits per heavy atom. The summed E-state index contributed by atoms with van der Waals surface area (Å²) in [5, 5.41) is 3.69. The minimum absolute atomic E-state index is 0.179. The maximum Gasteiger partial charge on any atom is 0.175 e. The number of anilines is 1. The fraction of sp³-hybridized carbons (Fsp3) is 0.357. The van der Waals surface area contributed by atoms with Crippen LogP contribution >= 0.6 is 11.6 Å².